The molecule has 3 aromatic rings. The second kappa shape index (κ2) is 6.05. The summed E-state index contributed by atoms with van der Waals surface area (Å²) in [4.78, 5) is 4.47. The number of anilines is 1. The molecule has 0 radical (unpaired) electrons. The van der Waals surface area contributed by atoms with Crippen molar-refractivity contribution in [3.63, 3.8) is 0 Å². The molecule has 0 saturated carbocycles. The highest BCUT2D eigenvalue weighted by Gasteiger charge is 2.07. The fourth-order valence-corrected chi connectivity index (χ4v) is 2.64. The Morgan fingerprint density at radius 1 is 1.19 bits per heavy atom. The number of aromatic amines is 1. The van der Waals surface area contributed by atoms with Gasteiger partial charge in [-0.3, -0.25) is 5.10 Å². The number of aromatic nitrogens is 4. The zero-order valence-electron chi connectivity index (χ0n) is 12.0. The Labute approximate surface area is 127 Å². The molecule has 2 heterocycles. The van der Waals surface area contributed by atoms with Crippen LogP contribution in [0.5, 0.6) is 0 Å². The minimum absolute atomic E-state index is 0.366. The topological polar surface area (TPSA) is 66.5 Å². The summed E-state index contributed by atoms with van der Waals surface area (Å²) >= 11 is 1.41. The zero-order chi connectivity index (χ0) is 14.7. The first kappa shape index (κ1) is 13.8. The summed E-state index contributed by atoms with van der Waals surface area (Å²) in [5.74, 6) is 1.27. The van der Waals surface area contributed by atoms with Crippen LogP contribution in [0.25, 0.3) is 11.3 Å². The van der Waals surface area contributed by atoms with Gasteiger partial charge in [0.1, 0.15) is 5.82 Å². The summed E-state index contributed by atoms with van der Waals surface area (Å²) in [6.07, 6.45) is 1.76. The second-order valence-electron chi connectivity index (χ2n) is 5.13. The van der Waals surface area contributed by atoms with E-state index >= 15 is 0 Å². The molecule has 0 saturated heterocycles. The molecule has 0 bridgehead atoms. The van der Waals surface area contributed by atoms with Crippen molar-refractivity contribution in [2.45, 2.75) is 26.3 Å². The number of benzene rings is 1. The second-order valence-corrected chi connectivity index (χ2v) is 5.89. The third-order valence-corrected chi connectivity index (χ3v) is 3.85. The maximum Gasteiger partial charge on any atom is 0.202 e. The SMILES string of the molecule is CC(C)c1nsc(NCc2ccc(-c3ccn[nH]3)cc2)n1. The molecule has 0 atom stereocenters. The van der Waals surface area contributed by atoms with E-state index in [0.717, 1.165) is 28.8 Å². The Bertz CT molecular complexity index is 685. The van der Waals surface area contributed by atoms with Gasteiger partial charge in [-0.05, 0) is 17.2 Å². The quantitative estimate of drug-likeness (QED) is 0.754. The average molecular weight is 299 g/mol. The first-order valence-corrected chi connectivity index (χ1v) is 7.66. The summed E-state index contributed by atoms with van der Waals surface area (Å²) < 4.78 is 4.33. The van der Waals surface area contributed by atoms with Gasteiger partial charge < -0.3 is 5.32 Å². The molecule has 5 nitrogen and oxygen atoms in total. The predicted octanol–water partition coefficient (Wildman–Crippen LogP) is 3.66. The molecule has 3 rings (SSSR count). The van der Waals surface area contributed by atoms with Crippen molar-refractivity contribution in [2.24, 2.45) is 0 Å². The molecule has 108 valence electrons. The normalized spacial score (nSPS) is 11.0. The van der Waals surface area contributed by atoms with Gasteiger partial charge in [0.2, 0.25) is 5.13 Å². The number of nitrogens with zero attached hydrogens (tertiary/aromatic N) is 3. The summed E-state index contributed by atoms with van der Waals surface area (Å²) in [7, 11) is 0. The van der Waals surface area contributed by atoms with Crippen LogP contribution in [0.3, 0.4) is 0 Å². The number of hydrogen-bond acceptors (Lipinski definition) is 5. The molecule has 6 heteroatoms. The fourth-order valence-electron chi connectivity index (χ4n) is 1.94. The minimum Gasteiger partial charge on any atom is -0.356 e. The van der Waals surface area contributed by atoms with Gasteiger partial charge in [0.15, 0.2) is 0 Å². The molecule has 0 aliphatic rings. The number of rotatable bonds is 5. The maximum atomic E-state index is 4.47. The van der Waals surface area contributed by atoms with Crippen molar-refractivity contribution in [1.29, 1.82) is 0 Å². The van der Waals surface area contributed by atoms with E-state index < -0.39 is 0 Å². The van der Waals surface area contributed by atoms with Gasteiger partial charge in [-0.15, -0.1) is 0 Å². The number of H-pyrrole nitrogens is 1. The monoisotopic (exact) mass is 299 g/mol. The van der Waals surface area contributed by atoms with Gasteiger partial charge in [0.05, 0.1) is 5.69 Å². The summed E-state index contributed by atoms with van der Waals surface area (Å²) in [5, 5.41) is 11.1. The van der Waals surface area contributed by atoms with E-state index in [2.05, 4.69) is 63.0 Å². The van der Waals surface area contributed by atoms with Crippen molar-refractivity contribution in [2.75, 3.05) is 5.32 Å². The predicted molar refractivity (Wildman–Crippen MR) is 85.3 cm³/mol. The van der Waals surface area contributed by atoms with E-state index in [9.17, 15) is 0 Å². The molecule has 0 spiro atoms. The number of hydrogen-bond donors (Lipinski definition) is 2. The Kier molecular flexibility index (Phi) is 3.96. The highest BCUT2D eigenvalue weighted by atomic mass is 32.1. The van der Waals surface area contributed by atoms with Gasteiger partial charge >= 0.3 is 0 Å². The third-order valence-electron chi connectivity index (χ3n) is 3.17. The van der Waals surface area contributed by atoms with Crippen molar-refractivity contribution in [3.8, 4) is 11.3 Å². The maximum absolute atomic E-state index is 4.47. The molecular weight excluding hydrogens is 282 g/mol. The lowest BCUT2D eigenvalue weighted by Gasteiger charge is -2.04. The molecule has 0 amide bonds. The average Bonchev–Trinajstić information content (AvgIpc) is 3.17. The highest BCUT2D eigenvalue weighted by molar-refractivity contribution is 7.09. The Morgan fingerprint density at radius 2 is 2.00 bits per heavy atom. The van der Waals surface area contributed by atoms with E-state index in [-0.39, 0.29) is 0 Å². The van der Waals surface area contributed by atoms with E-state index in [1.54, 1.807) is 6.20 Å². The van der Waals surface area contributed by atoms with Crippen molar-refractivity contribution in [3.05, 3.63) is 47.9 Å². The lowest BCUT2D eigenvalue weighted by Crippen LogP contribution is -1.99. The molecule has 2 aromatic heterocycles. The van der Waals surface area contributed by atoms with Crippen LogP contribution in [-0.2, 0) is 6.54 Å². The van der Waals surface area contributed by atoms with Gasteiger partial charge in [-0.2, -0.15) is 9.47 Å². The highest BCUT2D eigenvalue weighted by Crippen LogP contribution is 2.19. The van der Waals surface area contributed by atoms with Crippen LogP contribution >= 0.6 is 11.5 Å². The van der Waals surface area contributed by atoms with Crippen LogP contribution in [0.4, 0.5) is 5.13 Å². The van der Waals surface area contributed by atoms with E-state index in [1.165, 1.54) is 17.1 Å². The van der Waals surface area contributed by atoms with Crippen LogP contribution in [0.15, 0.2) is 36.5 Å². The van der Waals surface area contributed by atoms with E-state index in [4.69, 9.17) is 0 Å². The van der Waals surface area contributed by atoms with Crippen molar-refractivity contribution >= 4 is 16.7 Å². The first-order chi connectivity index (χ1) is 10.2. The third kappa shape index (κ3) is 3.28. The summed E-state index contributed by atoms with van der Waals surface area (Å²) in [5.41, 5.74) is 3.37. The Balaban J connectivity index is 1.62. The minimum atomic E-state index is 0.366. The lowest BCUT2D eigenvalue weighted by molar-refractivity contribution is 0.799. The molecule has 2 N–H and O–H groups in total. The molecule has 0 unspecified atom stereocenters. The van der Waals surface area contributed by atoms with Crippen molar-refractivity contribution in [1.82, 2.24) is 19.6 Å². The van der Waals surface area contributed by atoms with Crippen LogP contribution in [-0.4, -0.2) is 19.6 Å². The van der Waals surface area contributed by atoms with Gasteiger partial charge in [0.25, 0.3) is 0 Å². The van der Waals surface area contributed by atoms with Crippen LogP contribution in [0.1, 0.15) is 31.2 Å². The fraction of sp³-hybridized carbons (Fsp3) is 0.267. The largest absolute Gasteiger partial charge is 0.356 e. The van der Waals surface area contributed by atoms with Gasteiger partial charge in [-0.25, -0.2) is 4.98 Å². The molecular formula is C15H17N5S. The standard InChI is InChI=1S/C15H17N5S/c1-10(2)14-18-15(21-20-14)16-9-11-3-5-12(6-4-11)13-7-8-17-19-13/h3-8,10H,9H2,1-2H3,(H,17,19)(H,16,18,20). The van der Waals surface area contributed by atoms with Crippen LogP contribution < -0.4 is 5.32 Å². The van der Waals surface area contributed by atoms with E-state index in [1.807, 2.05) is 6.07 Å². The lowest BCUT2D eigenvalue weighted by atomic mass is 10.1. The number of nitrogens with one attached hydrogen (secondary N) is 2. The molecule has 0 fully saturated rings. The van der Waals surface area contributed by atoms with Crippen molar-refractivity contribution < 1.29 is 0 Å². The Morgan fingerprint density at radius 3 is 2.62 bits per heavy atom. The summed E-state index contributed by atoms with van der Waals surface area (Å²) in [6.45, 7) is 4.94. The first-order valence-electron chi connectivity index (χ1n) is 6.88. The smallest absolute Gasteiger partial charge is 0.202 e. The van der Waals surface area contributed by atoms with E-state index in [0.29, 0.717) is 5.92 Å². The molecule has 0 aliphatic carbocycles. The van der Waals surface area contributed by atoms with Gasteiger partial charge in [0, 0.05) is 30.2 Å². The van der Waals surface area contributed by atoms with Crippen LogP contribution in [0, 0.1) is 0 Å². The van der Waals surface area contributed by atoms with Gasteiger partial charge in [-0.1, -0.05) is 38.1 Å². The summed E-state index contributed by atoms with van der Waals surface area (Å²) in [6, 6.07) is 10.3. The molecule has 0 aliphatic heterocycles. The van der Waals surface area contributed by atoms with Crippen LogP contribution in [0.2, 0.25) is 0 Å². The molecule has 1 aromatic carbocycles. The zero-order valence-corrected chi connectivity index (χ0v) is 12.8. The Hall–Kier alpha value is -2.21. The molecule has 21 heavy (non-hydrogen) atoms.